The molecule has 2 aromatic rings. The zero-order valence-corrected chi connectivity index (χ0v) is 7.90. The van der Waals surface area contributed by atoms with E-state index in [1.165, 1.54) is 17.4 Å². The van der Waals surface area contributed by atoms with Crippen LogP contribution in [0.25, 0.3) is 0 Å². The van der Waals surface area contributed by atoms with Gasteiger partial charge in [-0.1, -0.05) is 17.4 Å². The second kappa shape index (κ2) is 3.97. The number of ether oxygens (including phenoxy) is 1. The van der Waals surface area contributed by atoms with E-state index in [2.05, 4.69) is 9.97 Å². The Kier molecular flexibility index (Phi) is 2.51. The Morgan fingerprint density at radius 3 is 2.93 bits per heavy atom. The van der Waals surface area contributed by atoms with Gasteiger partial charge in [0.1, 0.15) is 0 Å². The van der Waals surface area contributed by atoms with E-state index in [0.717, 1.165) is 0 Å². The van der Waals surface area contributed by atoms with Crippen LogP contribution in [0.15, 0.2) is 40.6 Å². The maximum Gasteiger partial charge on any atom is 0.283 e. The van der Waals surface area contributed by atoms with Gasteiger partial charge in [-0.3, -0.25) is 4.79 Å². The van der Waals surface area contributed by atoms with Crippen LogP contribution in [0.2, 0.25) is 0 Å². The van der Waals surface area contributed by atoms with Crippen molar-refractivity contribution in [3.8, 4) is 11.1 Å². The lowest BCUT2D eigenvalue weighted by Gasteiger charge is -1.99. The number of rotatable bonds is 2. The van der Waals surface area contributed by atoms with E-state index in [1.54, 1.807) is 29.8 Å². The lowest BCUT2D eigenvalue weighted by atomic mass is 10.5. The minimum absolute atomic E-state index is 0.302. The van der Waals surface area contributed by atoms with Crippen molar-refractivity contribution < 1.29 is 4.74 Å². The van der Waals surface area contributed by atoms with Gasteiger partial charge in [-0.05, 0) is 6.07 Å². The molecule has 0 unspecified atom stereocenters. The monoisotopic (exact) mass is 206 g/mol. The first-order valence-corrected chi connectivity index (χ1v) is 4.77. The molecule has 2 heterocycles. The van der Waals surface area contributed by atoms with Crippen LogP contribution in [-0.4, -0.2) is 9.97 Å². The molecule has 0 spiro atoms. The molecule has 0 amide bonds. The van der Waals surface area contributed by atoms with Crippen LogP contribution in [0, 0.1) is 0 Å². The summed E-state index contributed by atoms with van der Waals surface area (Å²) in [7, 11) is 0. The number of hydrogen-bond acceptors (Lipinski definition) is 5. The summed E-state index contributed by atoms with van der Waals surface area (Å²) in [6, 6.07) is 6.67. The van der Waals surface area contributed by atoms with Gasteiger partial charge in [0, 0.05) is 23.7 Å². The van der Waals surface area contributed by atoms with Crippen molar-refractivity contribution in [2.24, 2.45) is 0 Å². The van der Waals surface area contributed by atoms with Crippen molar-refractivity contribution in [3.63, 3.8) is 0 Å². The Morgan fingerprint density at radius 1 is 1.29 bits per heavy atom. The third-order valence-corrected chi connectivity index (χ3v) is 2.06. The average Bonchev–Trinajstić information content (AvgIpc) is 2.19. The molecule has 0 aliphatic rings. The third-order valence-electron chi connectivity index (χ3n) is 1.41. The van der Waals surface area contributed by atoms with E-state index in [1.807, 2.05) is 0 Å². The summed E-state index contributed by atoms with van der Waals surface area (Å²) in [6.45, 7) is 0. The van der Waals surface area contributed by atoms with Crippen LogP contribution in [0.5, 0.6) is 11.1 Å². The summed E-state index contributed by atoms with van der Waals surface area (Å²) in [6.07, 6.45) is 1.61. The molecule has 0 aromatic carbocycles. The highest BCUT2D eigenvalue weighted by atomic mass is 32.1. The summed E-state index contributed by atoms with van der Waals surface area (Å²) in [5.41, 5.74) is -0.310. The Morgan fingerprint density at radius 2 is 2.21 bits per heavy atom. The van der Waals surface area contributed by atoms with E-state index < -0.39 is 0 Å². The molecule has 14 heavy (non-hydrogen) atoms. The number of hydrogen-bond donors (Lipinski definition) is 0. The van der Waals surface area contributed by atoms with Crippen LogP contribution >= 0.6 is 11.3 Å². The second-order valence-electron chi connectivity index (χ2n) is 2.41. The zero-order valence-electron chi connectivity index (χ0n) is 7.08. The van der Waals surface area contributed by atoms with E-state index in [-0.39, 0.29) is 5.56 Å². The minimum atomic E-state index is -0.310. The molecule has 0 saturated carbocycles. The second-order valence-corrected chi connectivity index (χ2v) is 3.26. The van der Waals surface area contributed by atoms with Crippen LogP contribution in [0.3, 0.4) is 0 Å². The topological polar surface area (TPSA) is 52.1 Å². The predicted octanol–water partition coefficient (Wildman–Crippen LogP) is 1.69. The minimum Gasteiger partial charge on any atom is -0.412 e. The summed E-state index contributed by atoms with van der Waals surface area (Å²) < 4.78 is 5.26. The highest BCUT2D eigenvalue weighted by molar-refractivity contribution is 7.11. The van der Waals surface area contributed by atoms with Crippen molar-refractivity contribution in [2.45, 2.75) is 0 Å². The average molecular weight is 206 g/mol. The normalized spacial score (nSPS) is 9.71. The van der Waals surface area contributed by atoms with E-state index in [4.69, 9.17) is 4.74 Å². The van der Waals surface area contributed by atoms with Gasteiger partial charge in [-0.2, -0.15) is 4.98 Å². The maximum absolute atomic E-state index is 10.9. The van der Waals surface area contributed by atoms with Crippen molar-refractivity contribution in [3.05, 3.63) is 46.2 Å². The fraction of sp³-hybridized carbons (Fsp3) is 0. The lowest BCUT2D eigenvalue weighted by molar-refractivity contribution is 0.457. The molecule has 0 radical (unpaired) electrons. The molecule has 0 aliphatic heterocycles. The first-order chi connectivity index (χ1) is 6.84. The van der Waals surface area contributed by atoms with E-state index in [0.29, 0.717) is 11.1 Å². The third kappa shape index (κ3) is 2.14. The highest BCUT2D eigenvalue weighted by Gasteiger charge is 1.99. The Bertz CT molecular complexity index is 469. The SMILES string of the molecule is O=c1ccsc(Oc2ccccn2)n1. The Labute approximate surface area is 83.9 Å². The van der Waals surface area contributed by atoms with E-state index >= 15 is 0 Å². The molecule has 2 rings (SSSR count). The molecule has 70 valence electrons. The van der Waals surface area contributed by atoms with Crippen molar-refractivity contribution in [1.29, 1.82) is 0 Å². The van der Waals surface area contributed by atoms with Gasteiger partial charge in [-0.25, -0.2) is 4.98 Å². The molecule has 0 aliphatic carbocycles. The first kappa shape index (κ1) is 8.83. The fourth-order valence-corrected chi connectivity index (χ4v) is 1.42. The molecule has 0 fully saturated rings. The van der Waals surface area contributed by atoms with Crippen LogP contribution in [0.4, 0.5) is 0 Å². The molecule has 0 atom stereocenters. The van der Waals surface area contributed by atoms with Crippen molar-refractivity contribution in [1.82, 2.24) is 9.97 Å². The molecule has 0 bridgehead atoms. The predicted molar refractivity (Wildman–Crippen MR) is 52.7 cm³/mol. The summed E-state index contributed by atoms with van der Waals surface area (Å²) in [4.78, 5) is 18.5. The molecule has 5 heteroatoms. The summed E-state index contributed by atoms with van der Waals surface area (Å²) >= 11 is 1.25. The number of nitrogens with zero attached hydrogens (tertiary/aromatic N) is 2. The highest BCUT2D eigenvalue weighted by Crippen LogP contribution is 2.18. The summed E-state index contributed by atoms with van der Waals surface area (Å²) in [5.74, 6) is 0.432. The van der Waals surface area contributed by atoms with Crippen molar-refractivity contribution in [2.75, 3.05) is 0 Å². The van der Waals surface area contributed by atoms with E-state index in [9.17, 15) is 4.79 Å². The largest absolute Gasteiger partial charge is 0.412 e. The number of aromatic nitrogens is 2. The van der Waals surface area contributed by atoms with Gasteiger partial charge in [0.15, 0.2) is 0 Å². The molecule has 0 saturated heterocycles. The van der Waals surface area contributed by atoms with Gasteiger partial charge < -0.3 is 4.74 Å². The lowest BCUT2D eigenvalue weighted by Crippen LogP contribution is -2.02. The fourth-order valence-electron chi connectivity index (χ4n) is 0.848. The maximum atomic E-state index is 10.9. The van der Waals surface area contributed by atoms with Crippen LogP contribution < -0.4 is 10.3 Å². The molecular weight excluding hydrogens is 200 g/mol. The quantitative estimate of drug-likeness (QED) is 0.750. The standard InChI is InChI=1S/C9H6N2O2S/c12-7-4-6-14-9(11-7)13-8-3-1-2-5-10-8/h1-6H. The van der Waals surface area contributed by atoms with Gasteiger partial charge in [-0.15, -0.1) is 0 Å². The molecular formula is C9H6N2O2S. The van der Waals surface area contributed by atoms with Gasteiger partial charge >= 0.3 is 0 Å². The van der Waals surface area contributed by atoms with Gasteiger partial charge in [0.2, 0.25) is 5.88 Å². The number of pyridine rings is 1. The molecule has 4 nitrogen and oxygen atoms in total. The summed E-state index contributed by atoms with van der Waals surface area (Å²) in [5, 5.41) is 1.93. The smallest absolute Gasteiger partial charge is 0.283 e. The van der Waals surface area contributed by atoms with Crippen molar-refractivity contribution >= 4 is 11.3 Å². The van der Waals surface area contributed by atoms with Gasteiger partial charge in [0.05, 0.1) is 0 Å². The Hall–Kier alpha value is -1.75. The molecule has 2 aromatic heterocycles. The van der Waals surface area contributed by atoms with Crippen LogP contribution in [0.1, 0.15) is 0 Å². The van der Waals surface area contributed by atoms with Gasteiger partial charge in [0.25, 0.3) is 10.8 Å². The Balaban J connectivity index is 2.24. The zero-order chi connectivity index (χ0) is 9.80. The van der Waals surface area contributed by atoms with Crippen LogP contribution in [-0.2, 0) is 0 Å². The first-order valence-electron chi connectivity index (χ1n) is 3.89. The molecule has 0 N–H and O–H groups in total.